The molecule has 1 rings (SSSR count). The number of alkyl halides is 3. The molecule has 0 aliphatic carbocycles. The molecule has 1 atom stereocenters. The molecule has 0 spiro atoms. The van der Waals surface area contributed by atoms with Crippen LogP contribution < -0.4 is 0 Å². The Balaban J connectivity index is 2.48. The zero-order valence-corrected chi connectivity index (χ0v) is 9.69. The van der Waals surface area contributed by atoms with Gasteiger partial charge in [-0.05, 0) is 37.8 Å². The van der Waals surface area contributed by atoms with Gasteiger partial charge in [0.05, 0.1) is 0 Å². The molecule has 1 heterocycles. The Morgan fingerprint density at radius 2 is 1.80 bits per heavy atom. The van der Waals surface area contributed by atoms with E-state index in [0.717, 1.165) is 6.42 Å². The van der Waals surface area contributed by atoms with Crippen LogP contribution in [0.4, 0.5) is 13.2 Å². The summed E-state index contributed by atoms with van der Waals surface area (Å²) in [4.78, 5) is 1.59. The molecule has 0 aromatic carbocycles. The summed E-state index contributed by atoms with van der Waals surface area (Å²) in [5.41, 5.74) is 0.110. The van der Waals surface area contributed by atoms with Crippen molar-refractivity contribution in [3.8, 4) is 0 Å². The Bertz CT molecular complexity index is 205. The predicted octanol–water partition coefficient (Wildman–Crippen LogP) is 3.45. The highest BCUT2D eigenvalue weighted by Crippen LogP contribution is 2.33. The van der Waals surface area contributed by atoms with Crippen molar-refractivity contribution < 1.29 is 13.2 Å². The Labute approximate surface area is 89.6 Å². The van der Waals surface area contributed by atoms with Crippen LogP contribution in [0.2, 0.25) is 0 Å². The number of hydrogen-bond donors (Lipinski definition) is 0. The first-order valence-electron chi connectivity index (χ1n) is 5.51. The third kappa shape index (κ3) is 4.01. The second kappa shape index (κ2) is 4.32. The monoisotopic (exact) mass is 223 g/mol. The van der Waals surface area contributed by atoms with E-state index in [4.69, 9.17) is 0 Å². The molecule has 0 aromatic heterocycles. The molecule has 1 aliphatic rings. The normalized spacial score (nSPS) is 24.8. The standard InChI is InChI=1S/C11H20F3N/c1-10(2,3)6-8-15-7-4-5-9(15)11(12,13)14/h9H,4-8H2,1-3H3. The highest BCUT2D eigenvalue weighted by molar-refractivity contribution is 4.85. The van der Waals surface area contributed by atoms with Gasteiger partial charge in [-0.15, -0.1) is 0 Å². The minimum Gasteiger partial charge on any atom is -0.292 e. The summed E-state index contributed by atoms with van der Waals surface area (Å²) in [6, 6.07) is -1.19. The second-order valence-corrected chi connectivity index (χ2v) is 5.55. The quantitative estimate of drug-likeness (QED) is 0.693. The topological polar surface area (TPSA) is 3.24 Å². The Morgan fingerprint density at radius 3 is 2.27 bits per heavy atom. The zero-order valence-electron chi connectivity index (χ0n) is 9.69. The summed E-state index contributed by atoms with van der Waals surface area (Å²) < 4.78 is 37.8. The Hall–Kier alpha value is -0.250. The van der Waals surface area contributed by atoms with Gasteiger partial charge < -0.3 is 0 Å². The lowest BCUT2D eigenvalue weighted by molar-refractivity contribution is -0.176. The van der Waals surface area contributed by atoms with Gasteiger partial charge in [-0.3, -0.25) is 4.90 Å². The smallest absolute Gasteiger partial charge is 0.292 e. The van der Waals surface area contributed by atoms with Gasteiger partial charge in [0.25, 0.3) is 0 Å². The van der Waals surface area contributed by atoms with Gasteiger partial charge in [-0.25, -0.2) is 0 Å². The van der Waals surface area contributed by atoms with Crippen LogP contribution in [0, 0.1) is 5.41 Å². The van der Waals surface area contributed by atoms with Crippen LogP contribution in [0.5, 0.6) is 0 Å². The maximum absolute atomic E-state index is 12.6. The first-order chi connectivity index (χ1) is 6.70. The van der Waals surface area contributed by atoms with E-state index in [-0.39, 0.29) is 11.8 Å². The number of nitrogens with zero attached hydrogens (tertiary/aromatic N) is 1. The molecule has 1 nitrogen and oxygen atoms in total. The summed E-state index contributed by atoms with van der Waals surface area (Å²) in [5.74, 6) is 0. The lowest BCUT2D eigenvalue weighted by atomic mass is 9.92. The molecule has 0 radical (unpaired) electrons. The minimum atomic E-state index is -4.05. The minimum absolute atomic E-state index is 0.110. The second-order valence-electron chi connectivity index (χ2n) is 5.55. The highest BCUT2D eigenvalue weighted by Gasteiger charge is 2.45. The summed E-state index contributed by atoms with van der Waals surface area (Å²) in [7, 11) is 0. The fourth-order valence-electron chi connectivity index (χ4n) is 1.94. The van der Waals surface area contributed by atoms with Crippen molar-refractivity contribution >= 4 is 0 Å². The van der Waals surface area contributed by atoms with Crippen molar-refractivity contribution in [3.63, 3.8) is 0 Å². The first kappa shape index (κ1) is 12.8. The molecule has 90 valence electrons. The van der Waals surface area contributed by atoms with E-state index in [2.05, 4.69) is 20.8 Å². The van der Waals surface area contributed by atoms with E-state index in [1.54, 1.807) is 4.90 Å². The molecule has 0 N–H and O–H groups in total. The number of rotatable bonds is 2. The third-order valence-electron chi connectivity index (χ3n) is 2.89. The summed E-state index contributed by atoms with van der Waals surface area (Å²) in [6.07, 6.45) is -2.28. The van der Waals surface area contributed by atoms with Crippen LogP contribution >= 0.6 is 0 Å². The SMILES string of the molecule is CC(C)(C)CCN1CCCC1C(F)(F)F. The number of likely N-dealkylation sites (tertiary alicyclic amines) is 1. The zero-order chi connectivity index (χ0) is 11.7. The third-order valence-corrected chi connectivity index (χ3v) is 2.89. The average molecular weight is 223 g/mol. The van der Waals surface area contributed by atoms with E-state index in [9.17, 15) is 13.2 Å². The van der Waals surface area contributed by atoms with Gasteiger partial charge in [-0.2, -0.15) is 13.2 Å². The molecule has 0 amide bonds. The number of halogens is 3. The fraction of sp³-hybridized carbons (Fsp3) is 1.00. The predicted molar refractivity (Wildman–Crippen MR) is 54.7 cm³/mol. The first-order valence-corrected chi connectivity index (χ1v) is 5.51. The molecule has 1 unspecified atom stereocenters. The van der Waals surface area contributed by atoms with Crippen molar-refractivity contribution in [2.45, 2.75) is 52.3 Å². The molecule has 4 heteroatoms. The van der Waals surface area contributed by atoms with Gasteiger partial charge in [0.1, 0.15) is 6.04 Å². The van der Waals surface area contributed by atoms with Crippen molar-refractivity contribution in [1.82, 2.24) is 4.90 Å². The van der Waals surface area contributed by atoms with Gasteiger partial charge in [0.2, 0.25) is 0 Å². The van der Waals surface area contributed by atoms with E-state index in [0.29, 0.717) is 19.5 Å². The highest BCUT2D eigenvalue weighted by atomic mass is 19.4. The lowest BCUT2D eigenvalue weighted by Gasteiger charge is -2.29. The maximum Gasteiger partial charge on any atom is 0.404 e. The summed E-state index contributed by atoms with van der Waals surface area (Å²) >= 11 is 0. The van der Waals surface area contributed by atoms with E-state index in [1.165, 1.54) is 0 Å². The van der Waals surface area contributed by atoms with Crippen LogP contribution in [-0.2, 0) is 0 Å². The fourth-order valence-corrected chi connectivity index (χ4v) is 1.94. The maximum atomic E-state index is 12.6. The van der Waals surface area contributed by atoms with Gasteiger partial charge in [0.15, 0.2) is 0 Å². The summed E-state index contributed by atoms with van der Waals surface area (Å²) in [5, 5.41) is 0. The average Bonchev–Trinajstić information content (AvgIpc) is 2.45. The van der Waals surface area contributed by atoms with Crippen LogP contribution in [-0.4, -0.2) is 30.2 Å². The Kier molecular flexibility index (Phi) is 3.69. The van der Waals surface area contributed by atoms with Crippen molar-refractivity contribution in [3.05, 3.63) is 0 Å². The van der Waals surface area contributed by atoms with Crippen molar-refractivity contribution in [2.75, 3.05) is 13.1 Å². The van der Waals surface area contributed by atoms with E-state index < -0.39 is 12.2 Å². The molecule has 1 fully saturated rings. The molecular formula is C11H20F3N. The Morgan fingerprint density at radius 1 is 1.20 bits per heavy atom. The molecule has 15 heavy (non-hydrogen) atoms. The van der Waals surface area contributed by atoms with Crippen LogP contribution in [0.15, 0.2) is 0 Å². The molecule has 0 saturated carbocycles. The molecule has 0 aromatic rings. The molecule has 1 saturated heterocycles. The van der Waals surface area contributed by atoms with Gasteiger partial charge in [-0.1, -0.05) is 20.8 Å². The van der Waals surface area contributed by atoms with Crippen LogP contribution in [0.1, 0.15) is 40.0 Å². The van der Waals surface area contributed by atoms with E-state index in [1.807, 2.05) is 0 Å². The molecule has 1 aliphatic heterocycles. The van der Waals surface area contributed by atoms with Crippen LogP contribution in [0.3, 0.4) is 0 Å². The summed E-state index contributed by atoms with van der Waals surface area (Å²) in [6.45, 7) is 7.34. The van der Waals surface area contributed by atoms with Crippen LogP contribution in [0.25, 0.3) is 0 Å². The molecule has 0 bridgehead atoms. The van der Waals surface area contributed by atoms with E-state index >= 15 is 0 Å². The molecular weight excluding hydrogens is 203 g/mol. The van der Waals surface area contributed by atoms with Crippen molar-refractivity contribution in [1.29, 1.82) is 0 Å². The lowest BCUT2D eigenvalue weighted by Crippen LogP contribution is -2.42. The van der Waals surface area contributed by atoms with Gasteiger partial charge >= 0.3 is 6.18 Å². The van der Waals surface area contributed by atoms with Gasteiger partial charge in [0, 0.05) is 0 Å². The van der Waals surface area contributed by atoms with Crippen molar-refractivity contribution in [2.24, 2.45) is 5.41 Å². The largest absolute Gasteiger partial charge is 0.404 e. The number of hydrogen-bond acceptors (Lipinski definition) is 1.